The van der Waals surface area contributed by atoms with E-state index in [4.69, 9.17) is 5.73 Å². The molecule has 2 aromatic rings. The summed E-state index contributed by atoms with van der Waals surface area (Å²) in [6, 6.07) is 7.86. The van der Waals surface area contributed by atoms with Gasteiger partial charge in [-0.3, -0.25) is 4.98 Å². The number of aromatic nitrogens is 2. The molecule has 0 saturated heterocycles. The van der Waals surface area contributed by atoms with Crippen LogP contribution in [0, 0.1) is 0 Å². The molecule has 0 aliphatic carbocycles. The molecule has 0 saturated carbocycles. The average Bonchev–Trinajstić information content (AvgIpc) is 2.31. The van der Waals surface area contributed by atoms with Crippen LogP contribution in [-0.2, 0) is 6.42 Å². The van der Waals surface area contributed by atoms with E-state index in [-0.39, 0.29) is 0 Å². The SMILES string of the molecule is CCCc1nc(N)ccc1-c1ccncc1. The Labute approximate surface area is 95.4 Å². The Morgan fingerprint density at radius 2 is 1.88 bits per heavy atom. The molecule has 0 amide bonds. The van der Waals surface area contributed by atoms with Crippen molar-refractivity contribution in [1.82, 2.24) is 9.97 Å². The van der Waals surface area contributed by atoms with Crippen molar-refractivity contribution in [2.24, 2.45) is 0 Å². The van der Waals surface area contributed by atoms with Gasteiger partial charge in [-0.25, -0.2) is 4.98 Å². The van der Waals surface area contributed by atoms with Gasteiger partial charge in [0.25, 0.3) is 0 Å². The lowest BCUT2D eigenvalue weighted by molar-refractivity contribution is 0.887. The van der Waals surface area contributed by atoms with E-state index in [1.54, 1.807) is 12.4 Å². The molecule has 2 rings (SSSR count). The predicted octanol–water partition coefficient (Wildman–Crippen LogP) is 2.68. The number of pyridine rings is 2. The van der Waals surface area contributed by atoms with Gasteiger partial charge in [0.05, 0.1) is 5.69 Å². The van der Waals surface area contributed by atoms with Gasteiger partial charge in [0, 0.05) is 18.0 Å². The number of rotatable bonds is 3. The molecule has 0 radical (unpaired) electrons. The van der Waals surface area contributed by atoms with Crippen molar-refractivity contribution < 1.29 is 0 Å². The summed E-state index contributed by atoms with van der Waals surface area (Å²) in [4.78, 5) is 8.42. The molecule has 3 nitrogen and oxygen atoms in total. The van der Waals surface area contributed by atoms with Gasteiger partial charge in [0.1, 0.15) is 5.82 Å². The van der Waals surface area contributed by atoms with Crippen LogP contribution in [0.5, 0.6) is 0 Å². The Balaban J connectivity index is 2.48. The van der Waals surface area contributed by atoms with E-state index < -0.39 is 0 Å². The highest BCUT2D eigenvalue weighted by atomic mass is 14.8. The van der Waals surface area contributed by atoms with Gasteiger partial charge in [0.15, 0.2) is 0 Å². The Bertz CT molecular complexity index is 466. The highest BCUT2D eigenvalue weighted by Crippen LogP contribution is 2.23. The van der Waals surface area contributed by atoms with Gasteiger partial charge in [-0.2, -0.15) is 0 Å². The molecule has 0 bridgehead atoms. The van der Waals surface area contributed by atoms with Crippen molar-refractivity contribution in [3.8, 4) is 11.1 Å². The number of nitrogens with zero attached hydrogens (tertiary/aromatic N) is 2. The maximum absolute atomic E-state index is 5.71. The van der Waals surface area contributed by atoms with Crippen molar-refractivity contribution in [2.75, 3.05) is 5.73 Å². The first-order valence-electron chi connectivity index (χ1n) is 5.47. The molecule has 2 aromatic heterocycles. The van der Waals surface area contributed by atoms with Gasteiger partial charge in [-0.1, -0.05) is 13.3 Å². The molecule has 2 N–H and O–H groups in total. The van der Waals surface area contributed by atoms with E-state index in [1.807, 2.05) is 24.3 Å². The summed E-state index contributed by atoms with van der Waals surface area (Å²) < 4.78 is 0. The zero-order chi connectivity index (χ0) is 11.4. The number of nitrogen functional groups attached to an aromatic ring is 1. The quantitative estimate of drug-likeness (QED) is 0.852. The minimum atomic E-state index is 0.584. The second-order valence-corrected chi connectivity index (χ2v) is 3.72. The number of anilines is 1. The fourth-order valence-corrected chi connectivity index (χ4v) is 1.74. The maximum Gasteiger partial charge on any atom is 0.123 e. The van der Waals surface area contributed by atoms with Crippen LogP contribution in [0.15, 0.2) is 36.7 Å². The summed E-state index contributed by atoms with van der Waals surface area (Å²) in [7, 11) is 0. The summed E-state index contributed by atoms with van der Waals surface area (Å²) >= 11 is 0. The summed E-state index contributed by atoms with van der Waals surface area (Å²) in [6.45, 7) is 2.14. The van der Waals surface area contributed by atoms with Crippen LogP contribution in [0.4, 0.5) is 5.82 Å². The first-order valence-corrected chi connectivity index (χ1v) is 5.47. The van der Waals surface area contributed by atoms with Gasteiger partial charge < -0.3 is 5.73 Å². The summed E-state index contributed by atoms with van der Waals surface area (Å²) in [6.07, 6.45) is 5.60. The fraction of sp³-hybridized carbons (Fsp3) is 0.231. The van der Waals surface area contributed by atoms with E-state index in [0.29, 0.717) is 5.82 Å². The van der Waals surface area contributed by atoms with Gasteiger partial charge in [-0.15, -0.1) is 0 Å². The molecule has 0 aliphatic rings. The number of nitrogens with two attached hydrogens (primary N) is 1. The molecule has 0 aliphatic heterocycles. The zero-order valence-corrected chi connectivity index (χ0v) is 9.35. The van der Waals surface area contributed by atoms with E-state index in [1.165, 1.54) is 0 Å². The van der Waals surface area contributed by atoms with E-state index >= 15 is 0 Å². The van der Waals surface area contributed by atoms with Crippen molar-refractivity contribution in [3.05, 3.63) is 42.4 Å². The molecule has 0 atom stereocenters. The van der Waals surface area contributed by atoms with Crippen LogP contribution in [-0.4, -0.2) is 9.97 Å². The lowest BCUT2D eigenvalue weighted by Gasteiger charge is -2.08. The average molecular weight is 213 g/mol. The molecular weight excluding hydrogens is 198 g/mol. The molecule has 16 heavy (non-hydrogen) atoms. The highest BCUT2D eigenvalue weighted by molar-refractivity contribution is 5.66. The first-order chi connectivity index (χ1) is 7.81. The molecule has 0 unspecified atom stereocenters. The van der Waals surface area contributed by atoms with Crippen molar-refractivity contribution in [3.63, 3.8) is 0 Å². The molecule has 0 aromatic carbocycles. The normalized spacial score (nSPS) is 10.3. The minimum Gasteiger partial charge on any atom is -0.384 e. The van der Waals surface area contributed by atoms with Crippen LogP contribution in [0.2, 0.25) is 0 Å². The van der Waals surface area contributed by atoms with Crippen molar-refractivity contribution >= 4 is 5.82 Å². The van der Waals surface area contributed by atoms with E-state index in [9.17, 15) is 0 Å². The van der Waals surface area contributed by atoms with E-state index in [0.717, 1.165) is 29.7 Å². The number of hydrogen-bond acceptors (Lipinski definition) is 3. The topological polar surface area (TPSA) is 51.8 Å². The Morgan fingerprint density at radius 3 is 2.56 bits per heavy atom. The van der Waals surface area contributed by atoms with Crippen LogP contribution >= 0.6 is 0 Å². The molecular formula is C13H15N3. The molecule has 0 fully saturated rings. The lowest BCUT2D eigenvalue weighted by atomic mass is 10.0. The second kappa shape index (κ2) is 4.75. The third-order valence-electron chi connectivity index (χ3n) is 2.47. The second-order valence-electron chi connectivity index (χ2n) is 3.72. The smallest absolute Gasteiger partial charge is 0.123 e. The Hall–Kier alpha value is -1.90. The van der Waals surface area contributed by atoms with E-state index in [2.05, 4.69) is 16.9 Å². The van der Waals surface area contributed by atoms with Crippen molar-refractivity contribution in [1.29, 1.82) is 0 Å². The number of hydrogen-bond donors (Lipinski definition) is 1. The zero-order valence-electron chi connectivity index (χ0n) is 9.35. The Kier molecular flexibility index (Phi) is 3.15. The van der Waals surface area contributed by atoms with Crippen LogP contribution in [0.25, 0.3) is 11.1 Å². The molecule has 3 heteroatoms. The third-order valence-corrected chi connectivity index (χ3v) is 2.47. The van der Waals surface area contributed by atoms with Crippen molar-refractivity contribution in [2.45, 2.75) is 19.8 Å². The van der Waals surface area contributed by atoms with Gasteiger partial charge >= 0.3 is 0 Å². The van der Waals surface area contributed by atoms with Crippen LogP contribution in [0.3, 0.4) is 0 Å². The molecule has 2 heterocycles. The standard InChI is InChI=1S/C13H15N3/c1-2-3-12-11(4-5-13(14)16-12)10-6-8-15-9-7-10/h4-9H,2-3H2,1H3,(H2,14,16). The Morgan fingerprint density at radius 1 is 1.12 bits per heavy atom. The first kappa shape index (κ1) is 10.6. The largest absolute Gasteiger partial charge is 0.384 e. The highest BCUT2D eigenvalue weighted by Gasteiger charge is 2.06. The molecule has 0 spiro atoms. The van der Waals surface area contributed by atoms with Crippen LogP contribution < -0.4 is 5.73 Å². The number of aryl methyl sites for hydroxylation is 1. The summed E-state index contributed by atoms with van der Waals surface area (Å²) in [5.41, 5.74) is 9.07. The lowest BCUT2D eigenvalue weighted by Crippen LogP contribution is -1.98. The maximum atomic E-state index is 5.71. The molecule has 82 valence electrons. The van der Waals surface area contributed by atoms with Gasteiger partial charge in [0.2, 0.25) is 0 Å². The summed E-state index contributed by atoms with van der Waals surface area (Å²) in [5.74, 6) is 0.584. The predicted molar refractivity (Wildman–Crippen MR) is 65.9 cm³/mol. The minimum absolute atomic E-state index is 0.584. The third kappa shape index (κ3) is 2.19. The fourth-order valence-electron chi connectivity index (χ4n) is 1.74. The van der Waals surface area contributed by atoms with Crippen LogP contribution in [0.1, 0.15) is 19.0 Å². The monoisotopic (exact) mass is 213 g/mol. The van der Waals surface area contributed by atoms with Gasteiger partial charge in [-0.05, 0) is 36.2 Å². The summed E-state index contributed by atoms with van der Waals surface area (Å²) in [5, 5.41) is 0.